The van der Waals surface area contributed by atoms with Crippen LogP contribution in [0.3, 0.4) is 0 Å². The Morgan fingerprint density at radius 2 is 2.28 bits per heavy atom. The van der Waals surface area contributed by atoms with Crippen LogP contribution in [0.5, 0.6) is 0 Å². The van der Waals surface area contributed by atoms with Gasteiger partial charge in [0.2, 0.25) is 0 Å². The molecule has 2 atom stereocenters. The lowest BCUT2D eigenvalue weighted by Gasteiger charge is -2.38. The van der Waals surface area contributed by atoms with Gasteiger partial charge in [-0.05, 0) is 50.4 Å². The molecule has 2 heterocycles. The number of aromatic nitrogens is 1. The molecule has 2 rings (SSSR count). The van der Waals surface area contributed by atoms with E-state index in [4.69, 9.17) is 0 Å². The molecule has 1 fully saturated rings. The molecular weight excluding hydrogens is 222 g/mol. The maximum absolute atomic E-state index is 4.56. The molecule has 0 spiro atoms. The van der Waals surface area contributed by atoms with Crippen LogP contribution >= 0.6 is 0 Å². The minimum Gasteiger partial charge on any atom is -0.354 e. The standard InChI is InChI=1S/C15H25N3/c1-4-13-6-5-12(2)18(11-13)15-9-14(10-16-3)7-8-17-15/h7-9,12-13,16H,4-6,10-11H2,1-3H3. The first-order valence-electron chi connectivity index (χ1n) is 7.10. The highest BCUT2D eigenvalue weighted by Gasteiger charge is 2.25. The van der Waals surface area contributed by atoms with Crippen molar-refractivity contribution in [1.29, 1.82) is 0 Å². The molecule has 1 N–H and O–H groups in total. The summed E-state index contributed by atoms with van der Waals surface area (Å²) < 4.78 is 0. The van der Waals surface area contributed by atoms with Crippen molar-refractivity contribution < 1.29 is 0 Å². The Morgan fingerprint density at radius 1 is 1.44 bits per heavy atom. The Hall–Kier alpha value is -1.09. The lowest BCUT2D eigenvalue weighted by molar-refractivity contribution is 0.357. The number of nitrogens with one attached hydrogen (secondary N) is 1. The summed E-state index contributed by atoms with van der Waals surface area (Å²) in [5.74, 6) is 1.98. The minimum atomic E-state index is 0.616. The molecule has 1 aromatic heterocycles. The molecule has 18 heavy (non-hydrogen) atoms. The minimum absolute atomic E-state index is 0.616. The highest BCUT2D eigenvalue weighted by Crippen LogP contribution is 2.28. The normalized spacial score (nSPS) is 24.3. The van der Waals surface area contributed by atoms with Crippen LogP contribution in [-0.4, -0.2) is 24.6 Å². The first-order valence-corrected chi connectivity index (χ1v) is 7.10. The van der Waals surface area contributed by atoms with Gasteiger partial charge in [0.15, 0.2) is 0 Å². The second kappa shape index (κ2) is 6.19. The molecule has 2 unspecified atom stereocenters. The van der Waals surface area contributed by atoms with Gasteiger partial charge >= 0.3 is 0 Å². The summed E-state index contributed by atoms with van der Waals surface area (Å²) in [4.78, 5) is 7.05. The highest BCUT2D eigenvalue weighted by molar-refractivity contribution is 5.42. The lowest BCUT2D eigenvalue weighted by Crippen LogP contribution is -2.42. The maximum Gasteiger partial charge on any atom is 0.129 e. The van der Waals surface area contributed by atoms with Crippen LogP contribution in [-0.2, 0) is 6.54 Å². The molecule has 0 saturated carbocycles. The van der Waals surface area contributed by atoms with Crippen molar-refractivity contribution in [1.82, 2.24) is 10.3 Å². The van der Waals surface area contributed by atoms with E-state index in [0.29, 0.717) is 6.04 Å². The zero-order valence-corrected chi connectivity index (χ0v) is 11.8. The van der Waals surface area contributed by atoms with Crippen molar-refractivity contribution in [3.63, 3.8) is 0 Å². The van der Waals surface area contributed by atoms with Gasteiger partial charge in [-0.25, -0.2) is 4.98 Å². The van der Waals surface area contributed by atoms with Crippen LogP contribution < -0.4 is 10.2 Å². The molecule has 100 valence electrons. The molecule has 0 aromatic carbocycles. The van der Waals surface area contributed by atoms with Crippen molar-refractivity contribution in [2.75, 3.05) is 18.5 Å². The van der Waals surface area contributed by atoms with E-state index >= 15 is 0 Å². The molecule has 3 heteroatoms. The smallest absolute Gasteiger partial charge is 0.129 e. The molecular formula is C15H25N3. The summed E-state index contributed by atoms with van der Waals surface area (Å²) in [5, 5.41) is 3.20. The third-order valence-electron chi connectivity index (χ3n) is 4.04. The average Bonchev–Trinajstić information content (AvgIpc) is 2.40. The molecule has 1 aromatic rings. The van der Waals surface area contributed by atoms with Crippen LogP contribution in [0.25, 0.3) is 0 Å². The summed E-state index contributed by atoms with van der Waals surface area (Å²) in [5.41, 5.74) is 1.31. The predicted molar refractivity (Wildman–Crippen MR) is 76.8 cm³/mol. The molecule has 1 aliphatic heterocycles. The quantitative estimate of drug-likeness (QED) is 0.887. The first-order chi connectivity index (χ1) is 8.74. The second-order valence-corrected chi connectivity index (χ2v) is 5.41. The molecule has 0 radical (unpaired) electrons. The van der Waals surface area contributed by atoms with Crippen LogP contribution in [0.15, 0.2) is 18.3 Å². The topological polar surface area (TPSA) is 28.2 Å². The largest absolute Gasteiger partial charge is 0.354 e. The number of rotatable bonds is 4. The van der Waals surface area contributed by atoms with Crippen molar-refractivity contribution in [2.24, 2.45) is 5.92 Å². The molecule has 3 nitrogen and oxygen atoms in total. The van der Waals surface area contributed by atoms with Gasteiger partial charge in [-0.15, -0.1) is 0 Å². The number of anilines is 1. The fourth-order valence-corrected chi connectivity index (χ4v) is 2.77. The Kier molecular flexibility index (Phi) is 4.59. The zero-order valence-electron chi connectivity index (χ0n) is 11.8. The fraction of sp³-hybridized carbons (Fsp3) is 0.667. The van der Waals surface area contributed by atoms with Crippen molar-refractivity contribution in [3.8, 4) is 0 Å². The van der Waals surface area contributed by atoms with Crippen LogP contribution in [0.4, 0.5) is 5.82 Å². The summed E-state index contributed by atoms with van der Waals surface area (Å²) in [6.45, 7) is 6.69. The number of nitrogens with zero attached hydrogens (tertiary/aromatic N) is 2. The molecule has 1 saturated heterocycles. The first kappa shape index (κ1) is 13.3. The lowest BCUT2D eigenvalue weighted by atomic mass is 9.91. The van der Waals surface area contributed by atoms with Gasteiger partial charge < -0.3 is 10.2 Å². The summed E-state index contributed by atoms with van der Waals surface area (Å²) in [7, 11) is 1.98. The van der Waals surface area contributed by atoms with Gasteiger partial charge in [0, 0.05) is 25.3 Å². The van der Waals surface area contributed by atoms with Gasteiger partial charge in [-0.1, -0.05) is 13.3 Å². The Labute approximate surface area is 111 Å². The van der Waals surface area contributed by atoms with Crippen LogP contribution in [0.1, 0.15) is 38.7 Å². The zero-order chi connectivity index (χ0) is 13.0. The van der Waals surface area contributed by atoms with E-state index in [1.165, 1.54) is 24.8 Å². The van der Waals surface area contributed by atoms with E-state index in [1.54, 1.807) is 0 Å². The van der Waals surface area contributed by atoms with Gasteiger partial charge in [0.1, 0.15) is 5.82 Å². The predicted octanol–water partition coefficient (Wildman–Crippen LogP) is 2.82. The Balaban J connectivity index is 2.15. The number of piperidine rings is 1. The summed E-state index contributed by atoms with van der Waals surface area (Å²) in [6, 6.07) is 4.93. The summed E-state index contributed by atoms with van der Waals surface area (Å²) in [6.07, 6.45) is 5.87. The van der Waals surface area contributed by atoms with E-state index < -0.39 is 0 Å². The van der Waals surface area contributed by atoms with Crippen LogP contribution in [0.2, 0.25) is 0 Å². The van der Waals surface area contributed by atoms with E-state index in [9.17, 15) is 0 Å². The Morgan fingerprint density at radius 3 is 3.00 bits per heavy atom. The summed E-state index contributed by atoms with van der Waals surface area (Å²) >= 11 is 0. The average molecular weight is 247 g/mol. The number of hydrogen-bond donors (Lipinski definition) is 1. The van der Waals surface area contributed by atoms with Gasteiger partial charge in [-0.3, -0.25) is 0 Å². The number of hydrogen-bond acceptors (Lipinski definition) is 3. The monoisotopic (exact) mass is 247 g/mol. The molecule has 0 amide bonds. The van der Waals surface area contributed by atoms with Gasteiger partial charge in [0.25, 0.3) is 0 Å². The van der Waals surface area contributed by atoms with E-state index in [-0.39, 0.29) is 0 Å². The Bertz CT molecular complexity index is 378. The third kappa shape index (κ3) is 3.02. The maximum atomic E-state index is 4.56. The van der Waals surface area contributed by atoms with Crippen molar-refractivity contribution >= 4 is 5.82 Å². The van der Waals surface area contributed by atoms with Gasteiger partial charge in [0.05, 0.1) is 0 Å². The van der Waals surface area contributed by atoms with E-state index in [0.717, 1.165) is 24.8 Å². The van der Waals surface area contributed by atoms with Crippen LogP contribution in [0, 0.1) is 5.92 Å². The van der Waals surface area contributed by atoms with Gasteiger partial charge in [-0.2, -0.15) is 0 Å². The molecule has 0 bridgehead atoms. The highest BCUT2D eigenvalue weighted by atomic mass is 15.2. The van der Waals surface area contributed by atoms with Crippen molar-refractivity contribution in [3.05, 3.63) is 23.9 Å². The van der Waals surface area contributed by atoms with E-state index in [1.807, 2.05) is 13.2 Å². The fourth-order valence-electron chi connectivity index (χ4n) is 2.77. The third-order valence-corrected chi connectivity index (χ3v) is 4.04. The number of pyridine rings is 1. The van der Waals surface area contributed by atoms with Crippen molar-refractivity contribution in [2.45, 2.75) is 45.7 Å². The molecule has 0 aliphatic carbocycles. The second-order valence-electron chi connectivity index (χ2n) is 5.41. The van der Waals surface area contributed by atoms with E-state index in [2.05, 4.69) is 41.2 Å². The molecule has 1 aliphatic rings. The SMILES string of the molecule is CCC1CCC(C)N(c2cc(CNC)ccn2)C1.